The fourth-order valence-corrected chi connectivity index (χ4v) is 3.44. The number of nitrogens with one attached hydrogen (secondary N) is 2. The van der Waals surface area contributed by atoms with Crippen molar-refractivity contribution in [2.45, 2.75) is 0 Å². The topological polar surface area (TPSA) is 48.1 Å². The van der Waals surface area contributed by atoms with Crippen LogP contribution in [0.2, 0.25) is 0 Å². The van der Waals surface area contributed by atoms with Crippen molar-refractivity contribution in [3.63, 3.8) is 0 Å². The summed E-state index contributed by atoms with van der Waals surface area (Å²) in [6.45, 7) is 3.91. The average Bonchev–Trinajstić information content (AvgIpc) is 3.11. The second-order valence-corrected chi connectivity index (χ2v) is 5.64. The van der Waals surface area contributed by atoms with E-state index in [9.17, 15) is 4.79 Å². The Balaban J connectivity index is 1.64. The van der Waals surface area contributed by atoms with E-state index < -0.39 is 0 Å². The first-order valence-electron chi connectivity index (χ1n) is 6.89. The molecule has 4 rings (SSSR count). The van der Waals surface area contributed by atoms with Gasteiger partial charge >= 0.3 is 0 Å². The highest BCUT2D eigenvalue weighted by Gasteiger charge is 2.38. The number of rotatable bonds is 1. The Morgan fingerprint density at radius 2 is 1.89 bits per heavy atom. The smallest absolute Gasteiger partial charge is 0.256 e. The van der Waals surface area contributed by atoms with Crippen LogP contribution in [0.3, 0.4) is 0 Å². The van der Waals surface area contributed by atoms with E-state index >= 15 is 0 Å². The lowest BCUT2D eigenvalue weighted by molar-refractivity contribution is 0.0783. The predicted molar refractivity (Wildman–Crippen MR) is 74.1 cm³/mol. The minimum absolute atomic E-state index is 0.173. The molecule has 98 valence electrons. The summed E-state index contributed by atoms with van der Waals surface area (Å²) in [6.07, 6.45) is 1.85. The zero-order valence-electron chi connectivity index (χ0n) is 10.7. The van der Waals surface area contributed by atoms with Crippen LogP contribution in [0.1, 0.15) is 10.4 Å². The maximum atomic E-state index is 12.6. The molecule has 2 N–H and O–H groups in total. The van der Waals surface area contributed by atoms with Gasteiger partial charge in [-0.15, -0.1) is 0 Å². The van der Waals surface area contributed by atoms with Gasteiger partial charge < -0.3 is 15.2 Å². The summed E-state index contributed by atoms with van der Waals surface area (Å²) in [7, 11) is 0. The Morgan fingerprint density at radius 3 is 2.68 bits per heavy atom. The van der Waals surface area contributed by atoms with Crippen LogP contribution in [-0.4, -0.2) is 42.0 Å². The molecular weight excluding hydrogens is 238 g/mol. The summed E-state index contributed by atoms with van der Waals surface area (Å²) >= 11 is 0. The van der Waals surface area contributed by atoms with E-state index in [2.05, 4.69) is 10.3 Å². The normalized spacial score (nSPS) is 26.0. The molecule has 0 aliphatic carbocycles. The third-order valence-corrected chi connectivity index (χ3v) is 4.50. The fourth-order valence-electron chi connectivity index (χ4n) is 3.44. The van der Waals surface area contributed by atoms with Crippen molar-refractivity contribution >= 4 is 16.8 Å². The van der Waals surface area contributed by atoms with E-state index in [1.807, 2.05) is 35.4 Å². The van der Waals surface area contributed by atoms with E-state index in [0.717, 1.165) is 42.6 Å². The van der Waals surface area contributed by atoms with Crippen molar-refractivity contribution in [3.05, 3.63) is 36.0 Å². The first-order valence-corrected chi connectivity index (χ1v) is 6.89. The molecule has 2 aromatic rings. The number of carbonyl (C=O) groups is 1. The van der Waals surface area contributed by atoms with Gasteiger partial charge in [0.05, 0.1) is 5.56 Å². The van der Waals surface area contributed by atoms with E-state index in [1.165, 1.54) is 0 Å². The minimum Gasteiger partial charge on any atom is -0.360 e. The highest BCUT2D eigenvalue weighted by Crippen LogP contribution is 2.28. The molecule has 4 heteroatoms. The number of para-hydroxylation sites is 1. The zero-order chi connectivity index (χ0) is 12.8. The molecule has 2 aliphatic rings. The van der Waals surface area contributed by atoms with Gasteiger partial charge in [-0.05, 0) is 17.9 Å². The molecule has 19 heavy (non-hydrogen) atoms. The zero-order valence-corrected chi connectivity index (χ0v) is 10.7. The SMILES string of the molecule is O=C(c1c[nH]c2ccccc12)N1C[C@H]2CNC[C@H]2C1. The lowest BCUT2D eigenvalue weighted by Crippen LogP contribution is -2.31. The Labute approximate surface area is 111 Å². The second kappa shape index (κ2) is 4.10. The van der Waals surface area contributed by atoms with Gasteiger partial charge in [0.2, 0.25) is 0 Å². The van der Waals surface area contributed by atoms with Gasteiger partial charge in [-0.3, -0.25) is 4.79 Å². The van der Waals surface area contributed by atoms with Gasteiger partial charge in [0.1, 0.15) is 0 Å². The largest absolute Gasteiger partial charge is 0.360 e. The molecule has 0 spiro atoms. The van der Waals surface area contributed by atoms with Crippen LogP contribution in [0.25, 0.3) is 10.9 Å². The number of nitrogens with zero attached hydrogens (tertiary/aromatic N) is 1. The molecule has 1 aromatic heterocycles. The maximum absolute atomic E-state index is 12.6. The molecule has 0 saturated carbocycles. The molecule has 0 radical (unpaired) electrons. The number of aromatic nitrogens is 1. The number of fused-ring (bicyclic) bond motifs is 2. The van der Waals surface area contributed by atoms with Gasteiger partial charge in [0.15, 0.2) is 0 Å². The molecule has 2 atom stereocenters. The Morgan fingerprint density at radius 1 is 1.16 bits per heavy atom. The second-order valence-electron chi connectivity index (χ2n) is 5.64. The third kappa shape index (κ3) is 1.67. The quantitative estimate of drug-likeness (QED) is 0.810. The summed E-state index contributed by atoms with van der Waals surface area (Å²) in [4.78, 5) is 17.8. The number of hydrogen-bond donors (Lipinski definition) is 2. The molecular formula is C15H17N3O. The van der Waals surface area contributed by atoms with Crippen LogP contribution in [0.4, 0.5) is 0 Å². The summed E-state index contributed by atoms with van der Waals surface area (Å²) < 4.78 is 0. The molecule has 3 heterocycles. The predicted octanol–water partition coefficient (Wildman–Crippen LogP) is 1.46. The third-order valence-electron chi connectivity index (χ3n) is 4.50. The van der Waals surface area contributed by atoms with E-state index in [-0.39, 0.29) is 5.91 Å². The average molecular weight is 255 g/mol. The Hall–Kier alpha value is -1.81. The van der Waals surface area contributed by atoms with Crippen LogP contribution in [-0.2, 0) is 0 Å². The Bertz CT molecular complexity index is 621. The summed E-state index contributed by atoms with van der Waals surface area (Å²) in [5.41, 5.74) is 1.84. The number of benzene rings is 1. The lowest BCUT2D eigenvalue weighted by atomic mass is 10.0. The lowest BCUT2D eigenvalue weighted by Gasteiger charge is -2.17. The van der Waals surface area contributed by atoms with Gasteiger partial charge in [0.25, 0.3) is 5.91 Å². The van der Waals surface area contributed by atoms with Crippen LogP contribution in [0.15, 0.2) is 30.5 Å². The molecule has 0 bridgehead atoms. The van der Waals surface area contributed by atoms with Crippen molar-refractivity contribution in [2.24, 2.45) is 11.8 Å². The summed E-state index contributed by atoms with van der Waals surface area (Å²) in [5, 5.41) is 4.43. The number of H-pyrrole nitrogens is 1. The summed E-state index contributed by atoms with van der Waals surface area (Å²) in [6, 6.07) is 7.99. The van der Waals surface area contributed by atoms with Gasteiger partial charge in [-0.2, -0.15) is 0 Å². The molecule has 2 fully saturated rings. The van der Waals surface area contributed by atoms with E-state index in [1.54, 1.807) is 0 Å². The molecule has 1 aromatic carbocycles. The van der Waals surface area contributed by atoms with Crippen molar-refractivity contribution in [1.29, 1.82) is 0 Å². The highest BCUT2D eigenvalue weighted by atomic mass is 16.2. The fraction of sp³-hybridized carbons (Fsp3) is 0.400. The maximum Gasteiger partial charge on any atom is 0.256 e. The van der Waals surface area contributed by atoms with Gasteiger partial charge in [-0.1, -0.05) is 18.2 Å². The van der Waals surface area contributed by atoms with Crippen LogP contribution in [0.5, 0.6) is 0 Å². The molecule has 1 amide bonds. The standard InChI is InChI=1S/C15H17N3O/c19-15(18-8-10-5-16-6-11(10)9-18)13-7-17-14-4-2-1-3-12(13)14/h1-4,7,10-11,16-17H,5-6,8-9H2/t10-,11+. The first-order chi connectivity index (χ1) is 9.33. The number of hydrogen-bond acceptors (Lipinski definition) is 2. The van der Waals surface area contributed by atoms with Crippen molar-refractivity contribution in [2.75, 3.05) is 26.2 Å². The van der Waals surface area contributed by atoms with Gasteiger partial charge in [0, 0.05) is 43.3 Å². The van der Waals surface area contributed by atoms with Crippen LogP contribution < -0.4 is 5.32 Å². The van der Waals surface area contributed by atoms with Crippen molar-refractivity contribution < 1.29 is 4.79 Å². The number of likely N-dealkylation sites (tertiary alicyclic amines) is 1. The Kier molecular flexibility index (Phi) is 2.38. The molecule has 4 nitrogen and oxygen atoms in total. The van der Waals surface area contributed by atoms with Crippen molar-refractivity contribution in [1.82, 2.24) is 15.2 Å². The van der Waals surface area contributed by atoms with E-state index in [4.69, 9.17) is 0 Å². The number of amides is 1. The molecule has 2 aliphatic heterocycles. The summed E-state index contributed by atoms with van der Waals surface area (Å²) in [5.74, 6) is 1.47. The van der Waals surface area contributed by atoms with Crippen LogP contribution in [0, 0.1) is 11.8 Å². The monoisotopic (exact) mass is 255 g/mol. The molecule has 2 saturated heterocycles. The van der Waals surface area contributed by atoms with Gasteiger partial charge in [-0.25, -0.2) is 0 Å². The number of carbonyl (C=O) groups excluding carboxylic acids is 1. The first kappa shape index (κ1) is 11.1. The van der Waals surface area contributed by atoms with Crippen LogP contribution >= 0.6 is 0 Å². The number of aromatic amines is 1. The minimum atomic E-state index is 0.173. The van der Waals surface area contributed by atoms with E-state index in [0.29, 0.717) is 11.8 Å². The van der Waals surface area contributed by atoms with Crippen molar-refractivity contribution in [3.8, 4) is 0 Å². The highest BCUT2D eigenvalue weighted by molar-refractivity contribution is 6.06. The molecule has 0 unspecified atom stereocenters.